The first-order chi connectivity index (χ1) is 18.8. The van der Waals surface area contributed by atoms with E-state index in [-0.39, 0.29) is 32.7 Å². The average Bonchev–Trinajstić information content (AvgIpc) is 3.38. The molecular formula is C28H26Cl3N3O5. The maximum absolute atomic E-state index is 13.1. The second-order valence-corrected chi connectivity index (χ2v) is 10.1. The van der Waals surface area contributed by atoms with Gasteiger partial charge in [-0.25, -0.2) is 0 Å². The highest BCUT2D eigenvalue weighted by Crippen LogP contribution is 2.24. The van der Waals surface area contributed by atoms with Crippen LogP contribution >= 0.6 is 34.8 Å². The van der Waals surface area contributed by atoms with Crippen molar-refractivity contribution in [2.24, 2.45) is 5.16 Å². The van der Waals surface area contributed by atoms with Gasteiger partial charge in [-0.15, -0.1) is 0 Å². The third-order valence-electron chi connectivity index (χ3n) is 6.02. The van der Waals surface area contributed by atoms with Crippen molar-refractivity contribution >= 4 is 52.3 Å². The number of hydrogen-bond donors (Lipinski definition) is 2. The van der Waals surface area contributed by atoms with Crippen LogP contribution in [0, 0.1) is 0 Å². The van der Waals surface area contributed by atoms with Gasteiger partial charge in [0.1, 0.15) is 18.4 Å². The van der Waals surface area contributed by atoms with Crippen LogP contribution < -0.4 is 10.1 Å². The minimum absolute atomic E-state index is 0.0110. The van der Waals surface area contributed by atoms with Crippen LogP contribution in [0.15, 0.2) is 78.0 Å². The Hall–Kier alpha value is -3.30. The van der Waals surface area contributed by atoms with E-state index in [1.54, 1.807) is 66.7 Å². The molecule has 0 aliphatic carbocycles. The fourth-order valence-electron chi connectivity index (χ4n) is 3.96. The Morgan fingerprint density at radius 2 is 1.77 bits per heavy atom. The number of carbonyl (C=O) groups is 2. The molecule has 1 heterocycles. The van der Waals surface area contributed by atoms with Gasteiger partial charge in [0.25, 0.3) is 5.91 Å². The van der Waals surface area contributed by atoms with Gasteiger partial charge in [-0.05, 0) is 47.5 Å². The average molecular weight is 591 g/mol. The van der Waals surface area contributed by atoms with Crippen LogP contribution in [-0.4, -0.2) is 53.3 Å². The zero-order valence-electron chi connectivity index (χ0n) is 20.7. The lowest BCUT2D eigenvalue weighted by atomic mass is 10.1. The van der Waals surface area contributed by atoms with E-state index in [1.807, 2.05) is 6.07 Å². The van der Waals surface area contributed by atoms with Crippen molar-refractivity contribution in [2.75, 3.05) is 19.7 Å². The molecule has 0 aromatic heterocycles. The van der Waals surface area contributed by atoms with Crippen molar-refractivity contribution in [3.8, 4) is 5.75 Å². The number of aliphatic hydroxyl groups excluding tert-OH is 1. The number of aliphatic hydroxyl groups is 1. The van der Waals surface area contributed by atoms with Gasteiger partial charge >= 0.3 is 0 Å². The highest BCUT2D eigenvalue weighted by atomic mass is 35.5. The molecule has 8 nitrogen and oxygen atoms in total. The summed E-state index contributed by atoms with van der Waals surface area (Å²) >= 11 is 17.9. The fraction of sp³-hybridized carbons (Fsp3) is 0.250. The number of carbonyl (C=O) groups excluding carboxylic acids is 2. The summed E-state index contributed by atoms with van der Waals surface area (Å²) in [5.41, 5.74) is 1.95. The van der Waals surface area contributed by atoms with Crippen LogP contribution in [0.3, 0.4) is 0 Å². The summed E-state index contributed by atoms with van der Waals surface area (Å²) in [6.07, 6.45) is -0.724. The van der Waals surface area contributed by atoms with Gasteiger partial charge in [0.2, 0.25) is 5.91 Å². The molecule has 1 aliphatic rings. The molecule has 1 saturated heterocycles. The molecule has 2 atom stereocenters. The van der Waals surface area contributed by atoms with Crippen molar-refractivity contribution in [3.63, 3.8) is 0 Å². The highest BCUT2D eigenvalue weighted by Gasteiger charge is 2.38. The molecule has 0 bridgehead atoms. The zero-order chi connectivity index (χ0) is 27.8. The molecule has 1 aliphatic heterocycles. The first-order valence-electron chi connectivity index (χ1n) is 12.1. The van der Waals surface area contributed by atoms with E-state index in [4.69, 9.17) is 44.4 Å². The molecule has 3 aromatic carbocycles. The van der Waals surface area contributed by atoms with E-state index in [9.17, 15) is 14.7 Å². The molecule has 0 spiro atoms. The number of likely N-dealkylation sites (tertiary alicyclic amines) is 1. The van der Waals surface area contributed by atoms with Crippen LogP contribution in [0.5, 0.6) is 5.75 Å². The number of ether oxygens (including phenoxy) is 1. The summed E-state index contributed by atoms with van der Waals surface area (Å²) in [6.45, 7) is -0.0733. The van der Waals surface area contributed by atoms with Crippen LogP contribution in [0.4, 0.5) is 0 Å². The summed E-state index contributed by atoms with van der Waals surface area (Å²) in [5, 5.41) is 18.7. The van der Waals surface area contributed by atoms with E-state index in [2.05, 4.69) is 10.5 Å². The molecule has 2 amide bonds. The number of hydrogen-bond acceptors (Lipinski definition) is 6. The van der Waals surface area contributed by atoms with Gasteiger partial charge in [-0.2, -0.15) is 0 Å². The number of nitrogens with one attached hydrogen (secondary N) is 1. The molecule has 2 N–H and O–H groups in total. The predicted molar refractivity (Wildman–Crippen MR) is 150 cm³/mol. The normalized spacial score (nSPS) is 16.7. The lowest BCUT2D eigenvalue weighted by molar-refractivity contribution is -0.140. The van der Waals surface area contributed by atoms with Crippen LogP contribution in [-0.2, 0) is 21.0 Å². The van der Waals surface area contributed by atoms with Gasteiger partial charge in [-0.3, -0.25) is 9.59 Å². The van der Waals surface area contributed by atoms with Gasteiger partial charge in [0.05, 0.1) is 28.4 Å². The molecule has 11 heteroatoms. The summed E-state index contributed by atoms with van der Waals surface area (Å²) in [4.78, 5) is 33.1. The lowest BCUT2D eigenvalue weighted by Gasteiger charge is -2.24. The molecule has 204 valence electrons. The van der Waals surface area contributed by atoms with E-state index in [1.165, 1.54) is 4.90 Å². The van der Waals surface area contributed by atoms with Gasteiger partial charge in [0.15, 0.2) is 6.61 Å². The van der Waals surface area contributed by atoms with E-state index in [0.717, 1.165) is 5.56 Å². The Bertz CT molecular complexity index is 1320. The standard InChI is InChI=1S/C28H26Cl3N3O5/c29-20-7-9-22(10-8-20)38-17-27(36)34-15-21(33-39-16-18-6-11-23(30)24(31)12-18)13-25(34)28(37)32-14-26(35)19-4-2-1-3-5-19/h1-12,25-26,35H,13-17H2,(H,32,37)/b33-21+. The van der Waals surface area contributed by atoms with Crippen molar-refractivity contribution < 1.29 is 24.3 Å². The Morgan fingerprint density at radius 3 is 2.49 bits per heavy atom. The van der Waals surface area contributed by atoms with Gasteiger partial charge < -0.3 is 24.9 Å². The summed E-state index contributed by atoms with van der Waals surface area (Å²) < 4.78 is 5.60. The molecule has 39 heavy (non-hydrogen) atoms. The third kappa shape index (κ3) is 8.10. The summed E-state index contributed by atoms with van der Waals surface area (Å²) in [6, 6.07) is 19.9. The molecule has 4 rings (SSSR count). The fourth-order valence-corrected chi connectivity index (χ4v) is 4.41. The van der Waals surface area contributed by atoms with Crippen molar-refractivity contribution in [2.45, 2.75) is 25.2 Å². The third-order valence-corrected chi connectivity index (χ3v) is 7.01. The molecule has 1 fully saturated rings. The minimum atomic E-state index is -0.892. The first kappa shape index (κ1) is 28.7. The van der Waals surface area contributed by atoms with Crippen LogP contribution in [0.2, 0.25) is 15.1 Å². The van der Waals surface area contributed by atoms with Crippen molar-refractivity contribution in [1.82, 2.24) is 10.2 Å². The Morgan fingerprint density at radius 1 is 1.03 bits per heavy atom. The number of nitrogens with zero attached hydrogens (tertiary/aromatic N) is 2. The molecule has 0 saturated carbocycles. The summed E-state index contributed by atoms with van der Waals surface area (Å²) in [5.74, 6) is -0.347. The predicted octanol–water partition coefficient (Wildman–Crippen LogP) is 5.05. The Labute approximate surface area is 241 Å². The van der Waals surface area contributed by atoms with E-state index in [0.29, 0.717) is 32.1 Å². The smallest absolute Gasteiger partial charge is 0.261 e. The minimum Gasteiger partial charge on any atom is -0.484 e. The Kier molecular flexibility index (Phi) is 10.1. The van der Waals surface area contributed by atoms with Crippen molar-refractivity contribution in [3.05, 3.63) is 99.0 Å². The van der Waals surface area contributed by atoms with Gasteiger partial charge in [0, 0.05) is 18.0 Å². The van der Waals surface area contributed by atoms with Crippen LogP contribution in [0.1, 0.15) is 23.7 Å². The quantitative estimate of drug-likeness (QED) is 0.322. The number of oxime groups is 1. The van der Waals surface area contributed by atoms with Gasteiger partial charge in [-0.1, -0.05) is 76.4 Å². The van der Waals surface area contributed by atoms with E-state index < -0.39 is 24.0 Å². The SMILES string of the molecule is O=C(NCC(O)c1ccccc1)C1C/C(=N\OCc2ccc(Cl)c(Cl)c2)CN1C(=O)COc1ccc(Cl)cc1. The number of halogens is 3. The number of amides is 2. The topological polar surface area (TPSA) is 100 Å². The maximum Gasteiger partial charge on any atom is 0.261 e. The monoisotopic (exact) mass is 589 g/mol. The van der Waals surface area contributed by atoms with Crippen molar-refractivity contribution in [1.29, 1.82) is 0 Å². The highest BCUT2D eigenvalue weighted by molar-refractivity contribution is 6.42. The largest absolute Gasteiger partial charge is 0.484 e. The molecular weight excluding hydrogens is 565 g/mol. The molecule has 2 unspecified atom stereocenters. The maximum atomic E-state index is 13.1. The lowest BCUT2D eigenvalue weighted by Crippen LogP contribution is -2.48. The summed E-state index contributed by atoms with van der Waals surface area (Å²) in [7, 11) is 0. The molecule has 0 radical (unpaired) electrons. The second-order valence-electron chi connectivity index (χ2n) is 8.84. The number of benzene rings is 3. The Balaban J connectivity index is 1.41. The zero-order valence-corrected chi connectivity index (χ0v) is 23.0. The van der Waals surface area contributed by atoms with Crippen LogP contribution in [0.25, 0.3) is 0 Å². The molecule has 3 aromatic rings. The van der Waals surface area contributed by atoms with E-state index >= 15 is 0 Å². The first-order valence-corrected chi connectivity index (χ1v) is 13.2. The second kappa shape index (κ2) is 13.7. The number of rotatable bonds is 10.